The number of benzene rings is 1. The highest BCUT2D eigenvalue weighted by atomic mass is 16.6. The van der Waals surface area contributed by atoms with Gasteiger partial charge in [0.15, 0.2) is 6.61 Å². The fourth-order valence-corrected chi connectivity index (χ4v) is 5.25. The second kappa shape index (κ2) is 10.1. The molecule has 0 bridgehead atoms. The minimum absolute atomic E-state index is 0.00169. The van der Waals surface area contributed by atoms with Crippen LogP contribution in [-0.4, -0.2) is 19.7 Å². The van der Waals surface area contributed by atoms with Gasteiger partial charge in [-0.15, -0.1) is 0 Å². The molecule has 0 spiro atoms. The highest BCUT2D eigenvalue weighted by Gasteiger charge is 2.39. The Morgan fingerprint density at radius 1 is 1.07 bits per heavy atom. The topological polar surface area (TPSA) is 35.5 Å². The molecule has 0 aliphatic heterocycles. The van der Waals surface area contributed by atoms with Crippen molar-refractivity contribution in [1.29, 1.82) is 0 Å². The molecular weight excluding hydrogens is 336 g/mol. The van der Waals surface area contributed by atoms with Crippen LogP contribution in [0.1, 0.15) is 75.8 Å². The Bertz CT molecular complexity index is 610. The molecule has 0 aromatic heterocycles. The molecular formula is C24H36O3. The molecule has 2 aliphatic rings. The van der Waals surface area contributed by atoms with Crippen molar-refractivity contribution in [3.63, 3.8) is 0 Å². The van der Waals surface area contributed by atoms with Gasteiger partial charge in [-0.3, -0.25) is 0 Å². The van der Waals surface area contributed by atoms with Crippen molar-refractivity contribution in [2.24, 2.45) is 17.8 Å². The van der Waals surface area contributed by atoms with Gasteiger partial charge < -0.3 is 9.47 Å². The molecule has 3 rings (SSSR count). The number of hydrogen-bond acceptors (Lipinski definition) is 3. The number of esters is 1. The molecule has 1 aromatic carbocycles. The van der Waals surface area contributed by atoms with Crippen molar-refractivity contribution in [2.75, 3.05) is 13.7 Å². The number of rotatable bonds is 10. The first kappa shape index (κ1) is 20.2. The zero-order chi connectivity index (χ0) is 19.1. The first-order chi connectivity index (χ1) is 13.2. The third kappa shape index (κ3) is 5.27. The molecule has 1 saturated carbocycles. The van der Waals surface area contributed by atoms with E-state index in [4.69, 9.17) is 9.47 Å². The molecule has 3 atom stereocenters. The Morgan fingerprint density at radius 3 is 2.70 bits per heavy atom. The third-order valence-electron chi connectivity index (χ3n) is 6.77. The summed E-state index contributed by atoms with van der Waals surface area (Å²) in [7, 11) is 1.40. The van der Waals surface area contributed by atoms with Crippen LogP contribution in [0.5, 0.6) is 5.75 Å². The monoisotopic (exact) mass is 372 g/mol. The minimum Gasteiger partial charge on any atom is -0.482 e. The van der Waals surface area contributed by atoms with E-state index < -0.39 is 0 Å². The SMILES string of the molecule is CCCCCCCC[C@H]1CCC2Cc3c(cccc3OCC(=O)OC)CC21. The fourth-order valence-electron chi connectivity index (χ4n) is 5.25. The minimum atomic E-state index is -0.318. The Labute approximate surface area is 164 Å². The zero-order valence-electron chi connectivity index (χ0n) is 17.2. The molecule has 2 aliphatic carbocycles. The predicted octanol–water partition coefficient (Wildman–Crippen LogP) is 5.73. The van der Waals surface area contributed by atoms with Crippen molar-refractivity contribution in [3.8, 4) is 5.75 Å². The van der Waals surface area contributed by atoms with Crippen LogP contribution < -0.4 is 4.74 Å². The lowest BCUT2D eigenvalue weighted by Crippen LogP contribution is -2.26. The first-order valence-corrected chi connectivity index (χ1v) is 11.0. The molecule has 3 heteroatoms. The quantitative estimate of drug-likeness (QED) is 0.389. The van der Waals surface area contributed by atoms with E-state index in [9.17, 15) is 4.79 Å². The van der Waals surface area contributed by atoms with Gasteiger partial charge in [-0.05, 0) is 60.6 Å². The van der Waals surface area contributed by atoms with E-state index >= 15 is 0 Å². The summed E-state index contributed by atoms with van der Waals surface area (Å²) >= 11 is 0. The van der Waals surface area contributed by atoms with Gasteiger partial charge in [0.25, 0.3) is 0 Å². The molecule has 2 unspecified atom stereocenters. The standard InChI is InChI=1S/C24H36O3/c1-3-4-5-6-7-8-10-18-13-14-20-16-22-19(15-21(18)20)11-9-12-23(22)27-17-24(25)26-2/h9,11-12,18,20-21H,3-8,10,13-17H2,1-2H3/t18-,20?,21?/m0/s1. The van der Waals surface area contributed by atoms with Gasteiger partial charge in [-0.25, -0.2) is 4.79 Å². The third-order valence-corrected chi connectivity index (χ3v) is 6.77. The van der Waals surface area contributed by atoms with Crippen LogP contribution in [-0.2, 0) is 22.4 Å². The molecule has 0 N–H and O–H groups in total. The van der Waals surface area contributed by atoms with Crippen molar-refractivity contribution in [1.82, 2.24) is 0 Å². The number of unbranched alkanes of at least 4 members (excludes halogenated alkanes) is 5. The Hall–Kier alpha value is -1.51. The van der Waals surface area contributed by atoms with Crippen LogP contribution in [0.25, 0.3) is 0 Å². The number of methoxy groups -OCH3 is 1. The van der Waals surface area contributed by atoms with Crippen molar-refractivity contribution in [2.45, 2.75) is 77.6 Å². The fraction of sp³-hybridized carbons (Fsp3) is 0.708. The van der Waals surface area contributed by atoms with Crippen LogP contribution in [0.15, 0.2) is 18.2 Å². The Morgan fingerprint density at radius 2 is 1.89 bits per heavy atom. The summed E-state index contributed by atoms with van der Waals surface area (Å²) in [6.45, 7) is 2.28. The van der Waals surface area contributed by atoms with E-state index in [0.717, 1.165) is 29.9 Å². The zero-order valence-corrected chi connectivity index (χ0v) is 17.2. The maximum Gasteiger partial charge on any atom is 0.343 e. The lowest BCUT2D eigenvalue weighted by Gasteiger charge is -2.32. The number of hydrogen-bond donors (Lipinski definition) is 0. The van der Waals surface area contributed by atoms with E-state index in [-0.39, 0.29) is 12.6 Å². The van der Waals surface area contributed by atoms with Crippen LogP contribution in [0, 0.1) is 17.8 Å². The van der Waals surface area contributed by atoms with Crippen molar-refractivity contribution in [3.05, 3.63) is 29.3 Å². The lowest BCUT2D eigenvalue weighted by molar-refractivity contribution is -0.142. The van der Waals surface area contributed by atoms with Crippen molar-refractivity contribution >= 4 is 5.97 Å². The van der Waals surface area contributed by atoms with E-state index in [1.165, 1.54) is 82.4 Å². The van der Waals surface area contributed by atoms with Gasteiger partial charge in [-0.2, -0.15) is 0 Å². The van der Waals surface area contributed by atoms with Gasteiger partial charge in [0.2, 0.25) is 0 Å². The van der Waals surface area contributed by atoms with Gasteiger partial charge in [-0.1, -0.05) is 64.0 Å². The maximum absolute atomic E-state index is 11.4. The van der Waals surface area contributed by atoms with Gasteiger partial charge in [0.05, 0.1) is 7.11 Å². The first-order valence-electron chi connectivity index (χ1n) is 11.0. The summed E-state index contributed by atoms with van der Waals surface area (Å²) in [5, 5.41) is 0. The van der Waals surface area contributed by atoms with Crippen LogP contribution in [0.3, 0.4) is 0 Å². The molecule has 3 nitrogen and oxygen atoms in total. The van der Waals surface area contributed by atoms with E-state index in [0.29, 0.717) is 0 Å². The lowest BCUT2D eigenvalue weighted by atomic mass is 9.73. The number of ether oxygens (including phenoxy) is 2. The van der Waals surface area contributed by atoms with Crippen LogP contribution >= 0.6 is 0 Å². The summed E-state index contributed by atoms with van der Waals surface area (Å²) in [6.07, 6.45) is 14.9. The summed E-state index contributed by atoms with van der Waals surface area (Å²) in [5.41, 5.74) is 2.77. The number of carbonyl (C=O) groups is 1. The highest BCUT2D eigenvalue weighted by molar-refractivity contribution is 5.71. The van der Waals surface area contributed by atoms with Gasteiger partial charge >= 0.3 is 5.97 Å². The Balaban J connectivity index is 1.54. The van der Waals surface area contributed by atoms with Crippen LogP contribution in [0.4, 0.5) is 0 Å². The average Bonchev–Trinajstić information content (AvgIpc) is 3.09. The van der Waals surface area contributed by atoms with E-state index in [1.807, 2.05) is 6.07 Å². The molecule has 150 valence electrons. The summed E-state index contributed by atoms with van der Waals surface area (Å²) in [5.74, 6) is 3.13. The van der Waals surface area contributed by atoms with E-state index in [2.05, 4.69) is 19.1 Å². The maximum atomic E-state index is 11.4. The largest absolute Gasteiger partial charge is 0.482 e. The summed E-state index contributed by atoms with van der Waals surface area (Å²) in [4.78, 5) is 11.4. The molecule has 27 heavy (non-hydrogen) atoms. The van der Waals surface area contributed by atoms with Gasteiger partial charge in [0, 0.05) is 0 Å². The summed E-state index contributed by atoms with van der Waals surface area (Å²) in [6, 6.07) is 6.34. The molecule has 0 radical (unpaired) electrons. The number of fused-ring (bicyclic) bond motifs is 2. The molecule has 0 saturated heterocycles. The Kier molecular flexibility index (Phi) is 7.60. The summed E-state index contributed by atoms with van der Waals surface area (Å²) < 4.78 is 10.5. The number of carbonyl (C=O) groups excluding carboxylic acids is 1. The second-order valence-electron chi connectivity index (χ2n) is 8.48. The molecule has 0 heterocycles. The molecule has 1 aromatic rings. The normalized spacial score (nSPS) is 23.6. The van der Waals surface area contributed by atoms with E-state index in [1.54, 1.807) is 0 Å². The van der Waals surface area contributed by atoms with Crippen molar-refractivity contribution < 1.29 is 14.3 Å². The molecule has 1 fully saturated rings. The molecule has 0 amide bonds. The van der Waals surface area contributed by atoms with Crippen LogP contribution in [0.2, 0.25) is 0 Å². The smallest absolute Gasteiger partial charge is 0.343 e. The predicted molar refractivity (Wildman–Crippen MR) is 109 cm³/mol. The second-order valence-corrected chi connectivity index (χ2v) is 8.48. The van der Waals surface area contributed by atoms with Gasteiger partial charge in [0.1, 0.15) is 5.75 Å². The average molecular weight is 373 g/mol. The highest BCUT2D eigenvalue weighted by Crippen LogP contribution is 2.48.